The fourth-order valence-electron chi connectivity index (χ4n) is 2.58. The second-order valence-electron chi connectivity index (χ2n) is 5.88. The van der Waals surface area contributed by atoms with Gasteiger partial charge in [-0.3, -0.25) is 0 Å². The lowest BCUT2D eigenvalue weighted by Gasteiger charge is -2.15. The molecule has 0 aliphatic heterocycles. The van der Waals surface area contributed by atoms with Gasteiger partial charge in [0.1, 0.15) is 0 Å². The molecule has 0 fully saturated rings. The molecule has 0 aromatic heterocycles. The maximum atomic E-state index is 3.81. The number of hydrogen-bond donors (Lipinski definition) is 1. The number of unbranched alkanes of at least 4 members (excludes halogenated alkanes) is 9. The SMILES string of the molecule is Br.C=CCC(CC=C)NCCCCCCCCCCCC. The van der Waals surface area contributed by atoms with Gasteiger partial charge in [-0.05, 0) is 25.8 Å². The lowest BCUT2D eigenvalue weighted by molar-refractivity contribution is 0.491. The van der Waals surface area contributed by atoms with Crippen LogP contribution in [0.4, 0.5) is 0 Å². The van der Waals surface area contributed by atoms with Crippen LogP contribution < -0.4 is 5.32 Å². The fourth-order valence-corrected chi connectivity index (χ4v) is 2.58. The molecular formula is C19H38BrN. The molecule has 0 aromatic rings. The van der Waals surface area contributed by atoms with E-state index in [1.54, 1.807) is 0 Å². The first-order valence-electron chi connectivity index (χ1n) is 8.80. The van der Waals surface area contributed by atoms with Crippen molar-refractivity contribution in [2.75, 3.05) is 6.54 Å². The average molecular weight is 360 g/mol. The zero-order valence-electron chi connectivity index (χ0n) is 14.2. The van der Waals surface area contributed by atoms with Gasteiger partial charge in [-0.15, -0.1) is 30.1 Å². The van der Waals surface area contributed by atoms with Crippen molar-refractivity contribution in [1.29, 1.82) is 0 Å². The Hall–Kier alpha value is -0.0800. The molecule has 126 valence electrons. The minimum Gasteiger partial charge on any atom is -0.313 e. The third-order valence-electron chi connectivity index (χ3n) is 3.87. The van der Waals surface area contributed by atoms with Crippen molar-refractivity contribution in [1.82, 2.24) is 5.32 Å². The van der Waals surface area contributed by atoms with Crippen molar-refractivity contribution in [2.45, 2.75) is 90.0 Å². The van der Waals surface area contributed by atoms with Crippen molar-refractivity contribution in [3.05, 3.63) is 25.3 Å². The minimum absolute atomic E-state index is 0. The van der Waals surface area contributed by atoms with E-state index >= 15 is 0 Å². The van der Waals surface area contributed by atoms with E-state index in [2.05, 4.69) is 25.4 Å². The average Bonchev–Trinajstić information content (AvgIpc) is 2.45. The third-order valence-corrected chi connectivity index (χ3v) is 3.87. The van der Waals surface area contributed by atoms with E-state index in [-0.39, 0.29) is 17.0 Å². The van der Waals surface area contributed by atoms with Gasteiger partial charge < -0.3 is 5.32 Å². The molecule has 1 N–H and O–H groups in total. The van der Waals surface area contributed by atoms with Crippen LogP contribution in [-0.2, 0) is 0 Å². The summed E-state index contributed by atoms with van der Waals surface area (Å²) in [6, 6.07) is 0.545. The quantitative estimate of drug-likeness (QED) is 0.242. The van der Waals surface area contributed by atoms with E-state index in [1.165, 1.54) is 64.2 Å². The largest absolute Gasteiger partial charge is 0.313 e. The highest BCUT2D eigenvalue weighted by Crippen LogP contribution is 2.10. The summed E-state index contributed by atoms with van der Waals surface area (Å²) in [7, 11) is 0. The van der Waals surface area contributed by atoms with E-state index < -0.39 is 0 Å². The molecule has 0 atom stereocenters. The topological polar surface area (TPSA) is 12.0 Å². The molecule has 0 aromatic carbocycles. The summed E-state index contributed by atoms with van der Waals surface area (Å²) in [6.07, 6.45) is 20.1. The first kappa shape index (κ1) is 23.2. The highest BCUT2D eigenvalue weighted by atomic mass is 79.9. The highest BCUT2D eigenvalue weighted by Gasteiger charge is 2.02. The van der Waals surface area contributed by atoms with Crippen LogP contribution in [0.2, 0.25) is 0 Å². The van der Waals surface area contributed by atoms with Crippen LogP contribution in [0.15, 0.2) is 25.3 Å². The monoisotopic (exact) mass is 359 g/mol. The zero-order chi connectivity index (χ0) is 14.9. The van der Waals surface area contributed by atoms with Crippen molar-refractivity contribution < 1.29 is 0 Å². The number of nitrogens with one attached hydrogen (secondary N) is 1. The Morgan fingerprint density at radius 1 is 0.762 bits per heavy atom. The highest BCUT2D eigenvalue weighted by molar-refractivity contribution is 8.93. The summed E-state index contributed by atoms with van der Waals surface area (Å²) in [5.41, 5.74) is 0. The molecule has 0 unspecified atom stereocenters. The lowest BCUT2D eigenvalue weighted by atomic mass is 10.1. The maximum absolute atomic E-state index is 3.81. The van der Waals surface area contributed by atoms with Gasteiger partial charge in [0.05, 0.1) is 0 Å². The van der Waals surface area contributed by atoms with Gasteiger partial charge in [-0.25, -0.2) is 0 Å². The van der Waals surface area contributed by atoms with Crippen LogP contribution in [0.5, 0.6) is 0 Å². The van der Waals surface area contributed by atoms with E-state index in [4.69, 9.17) is 0 Å². The number of halogens is 1. The molecule has 0 heterocycles. The summed E-state index contributed by atoms with van der Waals surface area (Å²) in [5.74, 6) is 0. The van der Waals surface area contributed by atoms with Crippen LogP contribution in [0.25, 0.3) is 0 Å². The van der Waals surface area contributed by atoms with Gasteiger partial charge in [0.15, 0.2) is 0 Å². The molecule has 2 heteroatoms. The normalized spacial score (nSPS) is 10.4. The molecule has 0 saturated heterocycles. The van der Waals surface area contributed by atoms with E-state index in [0.29, 0.717) is 6.04 Å². The van der Waals surface area contributed by atoms with Crippen LogP contribution in [0.1, 0.15) is 84.0 Å². The smallest absolute Gasteiger partial charge is 0.0136 e. The molecule has 0 spiro atoms. The van der Waals surface area contributed by atoms with Crippen LogP contribution in [0.3, 0.4) is 0 Å². The summed E-state index contributed by atoms with van der Waals surface area (Å²) in [4.78, 5) is 0. The molecule has 0 aliphatic carbocycles. The molecule has 0 aliphatic rings. The lowest BCUT2D eigenvalue weighted by Crippen LogP contribution is -2.28. The second-order valence-corrected chi connectivity index (χ2v) is 5.88. The summed E-state index contributed by atoms with van der Waals surface area (Å²) >= 11 is 0. The van der Waals surface area contributed by atoms with E-state index in [9.17, 15) is 0 Å². The zero-order valence-corrected chi connectivity index (χ0v) is 16.0. The second kappa shape index (κ2) is 19.9. The van der Waals surface area contributed by atoms with Crippen molar-refractivity contribution in [3.63, 3.8) is 0 Å². The van der Waals surface area contributed by atoms with E-state index in [1.807, 2.05) is 12.2 Å². The predicted octanol–water partition coefficient (Wildman–Crippen LogP) is 6.60. The van der Waals surface area contributed by atoms with Crippen LogP contribution in [-0.4, -0.2) is 12.6 Å². The van der Waals surface area contributed by atoms with Crippen LogP contribution >= 0.6 is 17.0 Å². The van der Waals surface area contributed by atoms with Gasteiger partial charge in [0.2, 0.25) is 0 Å². The molecule has 0 rings (SSSR count). The van der Waals surface area contributed by atoms with Crippen molar-refractivity contribution in [2.24, 2.45) is 0 Å². The molecule has 21 heavy (non-hydrogen) atoms. The molecular weight excluding hydrogens is 322 g/mol. The molecule has 0 saturated carbocycles. The van der Waals surface area contributed by atoms with Gasteiger partial charge in [0.25, 0.3) is 0 Å². The standard InChI is InChI=1S/C19H37N.BrH/c1-4-7-8-9-10-11-12-13-14-15-18-20-19(16-5-2)17-6-3;/h5-6,19-20H,2-4,7-18H2,1H3;1H. The summed E-state index contributed by atoms with van der Waals surface area (Å²) in [5, 5.41) is 3.60. The Labute approximate surface area is 144 Å². The molecule has 0 radical (unpaired) electrons. The Morgan fingerprint density at radius 2 is 1.19 bits per heavy atom. The van der Waals surface area contributed by atoms with Gasteiger partial charge in [-0.2, -0.15) is 0 Å². The Balaban J connectivity index is 0. The number of hydrogen-bond acceptors (Lipinski definition) is 1. The van der Waals surface area contributed by atoms with Crippen LogP contribution in [0, 0.1) is 0 Å². The molecule has 0 bridgehead atoms. The Bertz CT molecular complexity index is 206. The summed E-state index contributed by atoms with van der Waals surface area (Å²) < 4.78 is 0. The van der Waals surface area contributed by atoms with Crippen molar-refractivity contribution >= 4 is 17.0 Å². The summed E-state index contributed by atoms with van der Waals surface area (Å²) in [6.45, 7) is 11.0. The van der Waals surface area contributed by atoms with Gasteiger partial charge >= 0.3 is 0 Å². The third kappa shape index (κ3) is 17.9. The fraction of sp³-hybridized carbons (Fsp3) is 0.789. The maximum Gasteiger partial charge on any atom is 0.0136 e. The van der Waals surface area contributed by atoms with Gasteiger partial charge in [0, 0.05) is 6.04 Å². The Kier molecular flexibility index (Phi) is 22.0. The Morgan fingerprint density at radius 3 is 1.62 bits per heavy atom. The first-order chi connectivity index (χ1) is 9.85. The molecule has 0 amide bonds. The molecule has 1 nitrogen and oxygen atoms in total. The first-order valence-corrected chi connectivity index (χ1v) is 8.80. The van der Waals surface area contributed by atoms with Crippen molar-refractivity contribution in [3.8, 4) is 0 Å². The predicted molar refractivity (Wildman–Crippen MR) is 104 cm³/mol. The van der Waals surface area contributed by atoms with E-state index in [0.717, 1.165) is 19.4 Å². The minimum atomic E-state index is 0. The number of rotatable bonds is 16. The van der Waals surface area contributed by atoms with Gasteiger partial charge in [-0.1, -0.05) is 76.9 Å².